The molecule has 0 aromatic heterocycles. The summed E-state index contributed by atoms with van der Waals surface area (Å²) in [6.07, 6.45) is 5.61. The molecule has 0 bridgehead atoms. The lowest BCUT2D eigenvalue weighted by atomic mass is 10.0. The van der Waals surface area contributed by atoms with Crippen molar-refractivity contribution in [3.05, 3.63) is 0 Å². The number of hydrogen-bond donors (Lipinski definition) is 2. The van der Waals surface area contributed by atoms with E-state index in [1.165, 1.54) is 6.42 Å². The van der Waals surface area contributed by atoms with Gasteiger partial charge in [0, 0.05) is 13.0 Å². The molecule has 0 aliphatic carbocycles. The van der Waals surface area contributed by atoms with Crippen LogP contribution in [0.2, 0.25) is 0 Å². The molecule has 0 aromatic carbocycles. The average Bonchev–Trinajstić information content (AvgIpc) is 2.30. The molecule has 1 aliphatic heterocycles. The number of nitriles is 1. The van der Waals surface area contributed by atoms with Crippen molar-refractivity contribution in [2.24, 2.45) is 0 Å². The molecule has 4 nitrogen and oxygen atoms in total. The maximum atomic E-state index is 11.6. The van der Waals surface area contributed by atoms with E-state index in [4.69, 9.17) is 5.26 Å². The maximum absolute atomic E-state index is 11.6. The lowest BCUT2D eigenvalue weighted by Gasteiger charge is -2.22. The first-order valence-electron chi connectivity index (χ1n) is 5.72. The number of hydrogen-bond acceptors (Lipinski definition) is 3. The van der Waals surface area contributed by atoms with Crippen LogP contribution in [-0.4, -0.2) is 25.0 Å². The summed E-state index contributed by atoms with van der Waals surface area (Å²) in [6.45, 7) is 1.64. The Morgan fingerprint density at radius 1 is 1.47 bits per heavy atom. The quantitative estimate of drug-likeness (QED) is 0.662. The summed E-state index contributed by atoms with van der Waals surface area (Å²) in [4.78, 5) is 11.6. The van der Waals surface area contributed by atoms with Crippen LogP contribution in [0, 0.1) is 11.3 Å². The van der Waals surface area contributed by atoms with Gasteiger partial charge in [-0.2, -0.15) is 5.26 Å². The summed E-state index contributed by atoms with van der Waals surface area (Å²) >= 11 is 0. The molecule has 1 heterocycles. The van der Waals surface area contributed by atoms with Gasteiger partial charge in [-0.25, -0.2) is 0 Å². The van der Waals surface area contributed by atoms with E-state index in [1.807, 2.05) is 0 Å². The number of carbonyl (C=O) groups is 1. The van der Waals surface area contributed by atoms with Crippen molar-refractivity contribution in [1.82, 2.24) is 10.6 Å². The van der Waals surface area contributed by atoms with Crippen LogP contribution in [0.4, 0.5) is 0 Å². The van der Waals surface area contributed by atoms with Crippen LogP contribution in [0.5, 0.6) is 0 Å². The predicted molar refractivity (Wildman–Crippen MR) is 58.1 cm³/mol. The maximum Gasteiger partial charge on any atom is 0.237 e. The van der Waals surface area contributed by atoms with Crippen molar-refractivity contribution in [1.29, 1.82) is 5.26 Å². The Kier molecular flexibility index (Phi) is 5.79. The van der Waals surface area contributed by atoms with Gasteiger partial charge in [0.2, 0.25) is 5.91 Å². The van der Waals surface area contributed by atoms with Crippen molar-refractivity contribution in [2.75, 3.05) is 13.1 Å². The second kappa shape index (κ2) is 7.24. The minimum absolute atomic E-state index is 0.00900. The van der Waals surface area contributed by atoms with E-state index < -0.39 is 0 Å². The highest BCUT2D eigenvalue weighted by Crippen LogP contribution is 2.06. The molecule has 0 radical (unpaired) electrons. The first-order valence-corrected chi connectivity index (χ1v) is 5.72. The Hall–Kier alpha value is -1.08. The van der Waals surface area contributed by atoms with E-state index in [0.29, 0.717) is 13.0 Å². The molecule has 0 spiro atoms. The molecule has 4 heteroatoms. The van der Waals surface area contributed by atoms with Crippen LogP contribution < -0.4 is 10.6 Å². The summed E-state index contributed by atoms with van der Waals surface area (Å²) in [5, 5.41) is 14.4. The minimum atomic E-state index is 0.00900. The molecule has 2 N–H and O–H groups in total. The van der Waals surface area contributed by atoms with Crippen LogP contribution in [0.15, 0.2) is 0 Å². The van der Waals surface area contributed by atoms with E-state index in [9.17, 15) is 4.79 Å². The van der Waals surface area contributed by atoms with E-state index in [0.717, 1.165) is 32.2 Å². The van der Waals surface area contributed by atoms with Gasteiger partial charge < -0.3 is 10.6 Å². The fraction of sp³-hybridized carbons (Fsp3) is 0.818. The third kappa shape index (κ3) is 4.80. The first-order chi connectivity index (χ1) is 7.34. The number of nitrogens with zero attached hydrogens (tertiary/aromatic N) is 1. The SMILES string of the molecule is N#CCCCCNC(=O)C1CCCCN1. The van der Waals surface area contributed by atoms with Crippen LogP contribution in [0.3, 0.4) is 0 Å². The summed E-state index contributed by atoms with van der Waals surface area (Å²) in [5.41, 5.74) is 0. The molecule has 1 rings (SSSR count). The molecule has 0 aromatic rings. The van der Waals surface area contributed by atoms with Gasteiger partial charge in [0.1, 0.15) is 0 Å². The standard InChI is InChI=1S/C11H19N3O/c12-7-3-1-4-9-14-11(15)10-6-2-5-8-13-10/h10,13H,1-6,8-9H2,(H,14,15). The molecule has 1 saturated heterocycles. The third-order valence-electron chi connectivity index (χ3n) is 2.64. The van der Waals surface area contributed by atoms with Crippen LogP contribution in [-0.2, 0) is 4.79 Å². The minimum Gasteiger partial charge on any atom is -0.355 e. The van der Waals surface area contributed by atoms with E-state index in [2.05, 4.69) is 16.7 Å². The Bertz CT molecular complexity index is 228. The molecule has 0 saturated carbocycles. The zero-order chi connectivity index (χ0) is 10.9. The fourth-order valence-corrected chi connectivity index (χ4v) is 1.74. The largest absolute Gasteiger partial charge is 0.355 e. The smallest absolute Gasteiger partial charge is 0.237 e. The van der Waals surface area contributed by atoms with Crippen molar-refractivity contribution in [3.8, 4) is 6.07 Å². The highest BCUT2D eigenvalue weighted by molar-refractivity contribution is 5.81. The summed E-state index contributed by atoms with van der Waals surface area (Å²) in [7, 11) is 0. The fourth-order valence-electron chi connectivity index (χ4n) is 1.74. The molecule has 1 unspecified atom stereocenters. The molecular weight excluding hydrogens is 190 g/mol. The topological polar surface area (TPSA) is 64.9 Å². The van der Waals surface area contributed by atoms with Crippen molar-refractivity contribution >= 4 is 5.91 Å². The molecular formula is C11H19N3O. The van der Waals surface area contributed by atoms with E-state index >= 15 is 0 Å². The predicted octanol–water partition coefficient (Wildman–Crippen LogP) is 0.939. The van der Waals surface area contributed by atoms with E-state index in [-0.39, 0.29) is 11.9 Å². The van der Waals surface area contributed by atoms with Gasteiger partial charge >= 0.3 is 0 Å². The zero-order valence-electron chi connectivity index (χ0n) is 9.09. The van der Waals surface area contributed by atoms with Crippen molar-refractivity contribution < 1.29 is 4.79 Å². The van der Waals surface area contributed by atoms with Gasteiger partial charge in [-0.3, -0.25) is 4.79 Å². The summed E-state index contributed by atoms with van der Waals surface area (Å²) in [5.74, 6) is 0.117. The Balaban J connectivity index is 2.05. The van der Waals surface area contributed by atoms with Crippen LogP contribution in [0.25, 0.3) is 0 Å². The highest BCUT2D eigenvalue weighted by Gasteiger charge is 2.19. The zero-order valence-corrected chi connectivity index (χ0v) is 9.09. The monoisotopic (exact) mass is 209 g/mol. The van der Waals surface area contributed by atoms with Gasteiger partial charge in [0.05, 0.1) is 12.1 Å². The molecule has 1 atom stereocenters. The number of nitrogens with one attached hydrogen (secondary N) is 2. The first kappa shape index (κ1) is 12.0. The number of amides is 1. The van der Waals surface area contributed by atoms with Crippen molar-refractivity contribution in [3.63, 3.8) is 0 Å². The summed E-state index contributed by atoms with van der Waals surface area (Å²) in [6, 6.07) is 2.10. The van der Waals surface area contributed by atoms with Gasteiger partial charge in [-0.1, -0.05) is 6.42 Å². The van der Waals surface area contributed by atoms with Gasteiger partial charge in [-0.05, 0) is 32.2 Å². The highest BCUT2D eigenvalue weighted by atomic mass is 16.2. The van der Waals surface area contributed by atoms with Gasteiger partial charge in [-0.15, -0.1) is 0 Å². The Labute approximate surface area is 91.0 Å². The van der Waals surface area contributed by atoms with Gasteiger partial charge in [0.15, 0.2) is 0 Å². The third-order valence-corrected chi connectivity index (χ3v) is 2.64. The normalized spacial score (nSPS) is 20.6. The number of unbranched alkanes of at least 4 members (excludes halogenated alkanes) is 2. The Morgan fingerprint density at radius 3 is 3.00 bits per heavy atom. The lowest BCUT2D eigenvalue weighted by molar-refractivity contribution is -0.123. The van der Waals surface area contributed by atoms with Crippen LogP contribution in [0.1, 0.15) is 38.5 Å². The lowest BCUT2D eigenvalue weighted by Crippen LogP contribution is -2.46. The summed E-state index contributed by atoms with van der Waals surface area (Å²) < 4.78 is 0. The van der Waals surface area contributed by atoms with E-state index in [1.54, 1.807) is 0 Å². The number of rotatable bonds is 5. The van der Waals surface area contributed by atoms with Crippen molar-refractivity contribution in [2.45, 2.75) is 44.6 Å². The average molecular weight is 209 g/mol. The molecule has 1 fully saturated rings. The second-order valence-electron chi connectivity index (χ2n) is 3.91. The molecule has 1 aliphatic rings. The molecule has 84 valence electrons. The van der Waals surface area contributed by atoms with Gasteiger partial charge in [0.25, 0.3) is 0 Å². The second-order valence-corrected chi connectivity index (χ2v) is 3.91. The molecule has 15 heavy (non-hydrogen) atoms. The number of piperidine rings is 1. The van der Waals surface area contributed by atoms with Crippen LogP contribution >= 0.6 is 0 Å². The number of carbonyl (C=O) groups excluding carboxylic acids is 1. The molecule has 1 amide bonds. The Morgan fingerprint density at radius 2 is 2.33 bits per heavy atom.